The van der Waals surface area contributed by atoms with Crippen LogP contribution in [0.1, 0.15) is 106 Å². The Bertz CT molecular complexity index is 799. The topological polar surface area (TPSA) is 40.5 Å². The van der Waals surface area contributed by atoms with E-state index in [9.17, 15) is 10.2 Å². The van der Waals surface area contributed by atoms with E-state index in [1.165, 1.54) is 51.4 Å². The van der Waals surface area contributed by atoms with Crippen LogP contribution in [-0.4, -0.2) is 22.9 Å². The van der Waals surface area contributed by atoms with E-state index < -0.39 is 0 Å². The van der Waals surface area contributed by atoms with E-state index in [-0.39, 0.29) is 22.3 Å². The summed E-state index contributed by atoms with van der Waals surface area (Å²) in [5, 5.41) is 21.6. The Morgan fingerprint density at radius 3 is 2.28 bits per heavy atom. The van der Waals surface area contributed by atoms with E-state index in [2.05, 4.69) is 54.5 Å². The summed E-state index contributed by atoms with van der Waals surface area (Å²) in [6, 6.07) is 0. The molecule has 2 N–H and O–H groups in total. The Morgan fingerprint density at radius 2 is 1.59 bits per heavy atom. The van der Waals surface area contributed by atoms with Crippen LogP contribution in [0.3, 0.4) is 0 Å². The first-order chi connectivity index (χ1) is 14.9. The van der Waals surface area contributed by atoms with Gasteiger partial charge in [0.2, 0.25) is 0 Å². The molecule has 10 atom stereocenters. The van der Waals surface area contributed by atoms with Crippen molar-refractivity contribution < 1.29 is 10.2 Å². The molecule has 32 heavy (non-hydrogen) atoms. The summed E-state index contributed by atoms with van der Waals surface area (Å²) in [5.74, 6) is 3.29. The van der Waals surface area contributed by atoms with Crippen molar-refractivity contribution in [1.29, 1.82) is 0 Å². The minimum absolute atomic E-state index is 0.0190. The fraction of sp³-hybridized carbons (Fsp3) is 0.933. The third kappa shape index (κ3) is 2.66. The Labute approximate surface area is 197 Å². The Balaban J connectivity index is 1.59. The fourth-order valence-corrected chi connectivity index (χ4v) is 10.9. The lowest BCUT2D eigenvalue weighted by molar-refractivity contribution is -0.205. The first kappa shape index (κ1) is 23.4. The second-order valence-electron chi connectivity index (χ2n) is 14.5. The quantitative estimate of drug-likeness (QED) is 0.429. The maximum absolute atomic E-state index is 10.9. The van der Waals surface area contributed by atoms with E-state index >= 15 is 0 Å². The molecule has 0 heterocycles. The molecule has 0 spiro atoms. The minimum Gasteiger partial charge on any atom is -0.396 e. The van der Waals surface area contributed by atoms with Crippen molar-refractivity contribution in [2.24, 2.45) is 56.7 Å². The summed E-state index contributed by atoms with van der Waals surface area (Å²) in [6.45, 7) is 17.9. The van der Waals surface area contributed by atoms with Gasteiger partial charge in [0.25, 0.3) is 0 Å². The summed E-state index contributed by atoms with van der Waals surface area (Å²) >= 11 is 0. The molecule has 4 saturated carbocycles. The van der Waals surface area contributed by atoms with Gasteiger partial charge in [-0.1, -0.05) is 60.1 Å². The standard InChI is InChI=1S/C30H50O2/c1-19-10-15-30(18-31)17-16-28(6)21(25(30)20(19)2)8-9-23-27(5)13-12-24(32)26(3,4)22(27)11-14-29(23,28)7/h8,19-20,22-25,31-32H,9-18H2,1-7H3/t19-,20+,22+,23-,24+,25+,27+,28-,29-,30-/m0/s1. The summed E-state index contributed by atoms with van der Waals surface area (Å²) in [4.78, 5) is 0. The SMILES string of the molecule is C[C@@H]1[C@@H](C)CC[C@@]2(CO)CC[C@@]3(C)C(=CC[C@H]4[C@]5(C)CC[C@@H](O)C(C)(C)[C@H]5CC[C@@]43C)[C@@H]12. The lowest BCUT2D eigenvalue weighted by Gasteiger charge is -2.71. The third-order valence-corrected chi connectivity index (χ3v) is 13.5. The van der Waals surface area contributed by atoms with Crippen LogP contribution in [0.2, 0.25) is 0 Å². The van der Waals surface area contributed by atoms with Gasteiger partial charge in [-0.25, -0.2) is 0 Å². The number of rotatable bonds is 1. The fourth-order valence-electron chi connectivity index (χ4n) is 10.9. The highest BCUT2D eigenvalue weighted by atomic mass is 16.3. The molecule has 5 aliphatic rings. The molecule has 0 aromatic heterocycles. The molecule has 0 radical (unpaired) electrons. The lowest BCUT2D eigenvalue weighted by atomic mass is 9.33. The Hall–Kier alpha value is -0.340. The number of aliphatic hydroxyl groups is 2. The number of allylic oxidation sites excluding steroid dienone is 2. The van der Waals surface area contributed by atoms with Crippen molar-refractivity contribution in [2.45, 2.75) is 112 Å². The van der Waals surface area contributed by atoms with Gasteiger partial charge in [0.1, 0.15) is 0 Å². The molecule has 5 aliphatic carbocycles. The van der Waals surface area contributed by atoms with Crippen molar-refractivity contribution in [3.63, 3.8) is 0 Å². The monoisotopic (exact) mass is 442 g/mol. The largest absolute Gasteiger partial charge is 0.396 e. The first-order valence-corrected chi connectivity index (χ1v) is 13.9. The van der Waals surface area contributed by atoms with Gasteiger partial charge in [0.05, 0.1) is 6.10 Å². The second-order valence-corrected chi connectivity index (χ2v) is 14.5. The number of hydrogen-bond acceptors (Lipinski definition) is 2. The van der Waals surface area contributed by atoms with E-state index in [4.69, 9.17) is 0 Å². The molecule has 5 rings (SSSR count). The lowest BCUT2D eigenvalue weighted by Crippen LogP contribution is -2.65. The number of hydrogen-bond donors (Lipinski definition) is 2. The zero-order valence-electron chi connectivity index (χ0n) is 22.0. The highest BCUT2D eigenvalue weighted by Crippen LogP contribution is 2.75. The van der Waals surface area contributed by atoms with Crippen LogP contribution in [-0.2, 0) is 0 Å². The van der Waals surface area contributed by atoms with Crippen LogP contribution in [0.4, 0.5) is 0 Å². The Kier molecular flexibility index (Phi) is 5.19. The van der Waals surface area contributed by atoms with E-state index in [1.807, 2.05) is 0 Å². The van der Waals surface area contributed by atoms with Crippen molar-refractivity contribution in [1.82, 2.24) is 0 Å². The smallest absolute Gasteiger partial charge is 0.0594 e. The minimum atomic E-state index is -0.153. The summed E-state index contributed by atoms with van der Waals surface area (Å²) in [5.41, 5.74) is 2.77. The van der Waals surface area contributed by atoms with Gasteiger partial charge in [-0.3, -0.25) is 0 Å². The molecule has 2 nitrogen and oxygen atoms in total. The van der Waals surface area contributed by atoms with E-state index in [1.54, 1.807) is 5.57 Å². The van der Waals surface area contributed by atoms with Crippen molar-refractivity contribution in [2.75, 3.05) is 6.61 Å². The van der Waals surface area contributed by atoms with E-state index in [0.29, 0.717) is 41.1 Å². The van der Waals surface area contributed by atoms with E-state index in [0.717, 1.165) is 12.3 Å². The zero-order valence-corrected chi connectivity index (χ0v) is 22.0. The molecule has 0 aromatic carbocycles. The van der Waals surface area contributed by atoms with Crippen LogP contribution < -0.4 is 0 Å². The van der Waals surface area contributed by atoms with Gasteiger partial charge in [-0.2, -0.15) is 0 Å². The van der Waals surface area contributed by atoms with Crippen LogP contribution in [0.25, 0.3) is 0 Å². The molecule has 2 heteroatoms. The molecule has 0 saturated heterocycles. The average Bonchev–Trinajstić information content (AvgIpc) is 2.74. The predicted molar refractivity (Wildman–Crippen MR) is 132 cm³/mol. The number of fused-ring (bicyclic) bond motifs is 7. The van der Waals surface area contributed by atoms with Gasteiger partial charge in [-0.05, 0) is 109 Å². The third-order valence-electron chi connectivity index (χ3n) is 13.5. The second kappa shape index (κ2) is 7.09. The molecule has 4 fully saturated rings. The van der Waals surface area contributed by atoms with Crippen LogP contribution in [0, 0.1) is 56.7 Å². The van der Waals surface area contributed by atoms with Crippen molar-refractivity contribution in [3.05, 3.63) is 11.6 Å². The predicted octanol–water partition coefficient (Wildman–Crippen LogP) is 7.00. The van der Waals surface area contributed by atoms with Crippen LogP contribution >= 0.6 is 0 Å². The molecule has 182 valence electrons. The van der Waals surface area contributed by atoms with Gasteiger partial charge in [-0.15, -0.1) is 0 Å². The Morgan fingerprint density at radius 1 is 0.875 bits per heavy atom. The van der Waals surface area contributed by atoms with Crippen molar-refractivity contribution >= 4 is 0 Å². The molecule has 0 unspecified atom stereocenters. The van der Waals surface area contributed by atoms with Gasteiger partial charge >= 0.3 is 0 Å². The highest BCUT2D eigenvalue weighted by molar-refractivity contribution is 5.34. The van der Waals surface area contributed by atoms with Gasteiger partial charge in [0, 0.05) is 12.0 Å². The normalized spacial score (nSPS) is 56.8. The van der Waals surface area contributed by atoms with Gasteiger partial charge < -0.3 is 10.2 Å². The molecule has 0 aliphatic heterocycles. The molecule has 0 bridgehead atoms. The summed E-state index contributed by atoms with van der Waals surface area (Å²) in [7, 11) is 0. The molecular weight excluding hydrogens is 392 g/mol. The molecule has 0 aromatic rings. The maximum Gasteiger partial charge on any atom is 0.0594 e. The van der Waals surface area contributed by atoms with Crippen molar-refractivity contribution in [3.8, 4) is 0 Å². The molecule has 0 amide bonds. The van der Waals surface area contributed by atoms with Gasteiger partial charge in [0.15, 0.2) is 0 Å². The van der Waals surface area contributed by atoms with Crippen LogP contribution in [0.5, 0.6) is 0 Å². The molecular formula is C30H50O2. The number of aliphatic hydroxyl groups excluding tert-OH is 2. The highest BCUT2D eigenvalue weighted by Gasteiger charge is 2.68. The first-order valence-electron chi connectivity index (χ1n) is 13.9. The van der Waals surface area contributed by atoms with Crippen LogP contribution in [0.15, 0.2) is 11.6 Å². The average molecular weight is 443 g/mol. The maximum atomic E-state index is 10.9. The summed E-state index contributed by atoms with van der Waals surface area (Å²) in [6.07, 6.45) is 13.4. The zero-order chi connectivity index (χ0) is 23.3. The summed E-state index contributed by atoms with van der Waals surface area (Å²) < 4.78 is 0.